The average Bonchev–Trinajstić information content (AvgIpc) is 3.93. The molecular formula is C62H40N2O. The van der Waals surface area contributed by atoms with Crippen LogP contribution in [-0.4, -0.2) is 4.57 Å². The van der Waals surface area contributed by atoms with E-state index in [0.29, 0.717) is 0 Å². The van der Waals surface area contributed by atoms with Gasteiger partial charge in [0, 0.05) is 44.0 Å². The van der Waals surface area contributed by atoms with Crippen molar-refractivity contribution in [2.45, 2.75) is 0 Å². The molecule has 0 fully saturated rings. The number of para-hydroxylation sites is 3. The Balaban J connectivity index is 0.922. The number of nitrogens with zero attached hydrogens (tertiary/aromatic N) is 2. The van der Waals surface area contributed by atoms with E-state index in [-0.39, 0.29) is 0 Å². The molecule has 13 rings (SSSR count). The van der Waals surface area contributed by atoms with Gasteiger partial charge in [0.05, 0.1) is 16.7 Å². The smallest absolute Gasteiger partial charge is 0.136 e. The Bertz CT molecular complexity index is 3910. The molecular weight excluding hydrogens is 789 g/mol. The first kappa shape index (κ1) is 36.9. The van der Waals surface area contributed by atoms with Crippen molar-refractivity contribution in [3.8, 4) is 39.1 Å². The number of hydrogen-bond donors (Lipinski definition) is 0. The molecule has 65 heavy (non-hydrogen) atoms. The SMILES string of the molecule is c1cc(-c2ccc(N(c3cccc(-c4cccc5oc6ccccc6c45)c3)c3cccc4ccc5ccccc5c34)cc2)cc(-c2cccc(-n3c4ccccc4c4ccccc43)c2)c1. The minimum Gasteiger partial charge on any atom is -0.456 e. The van der Waals surface area contributed by atoms with Crippen LogP contribution in [0.4, 0.5) is 17.1 Å². The number of anilines is 3. The van der Waals surface area contributed by atoms with E-state index < -0.39 is 0 Å². The molecule has 13 aromatic rings. The van der Waals surface area contributed by atoms with Crippen molar-refractivity contribution < 1.29 is 4.42 Å². The molecule has 3 heteroatoms. The first-order valence-corrected chi connectivity index (χ1v) is 22.2. The van der Waals surface area contributed by atoms with Gasteiger partial charge in [0.15, 0.2) is 0 Å². The molecule has 0 atom stereocenters. The lowest BCUT2D eigenvalue weighted by molar-refractivity contribution is 0.669. The Morgan fingerprint density at radius 1 is 0.323 bits per heavy atom. The highest BCUT2D eigenvalue weighted by atomic mass is 16.3. The summed E-state index contributed by atoms with van der Waals surface area (Å²) < 4.78 is 8.72. The number of benzene rings is 11. The van der Waals surface area contributed by atoms with Crippen LogP contribution in [-0.2, 0) is 0 Å². The van der Waals surface area contributed by atoms with Crippen molar-refractivity contribution in [1.82, 2.24) is 4.57 Å². The fourth-order valence-corrected chi connectivity index (χ4v) is 10.2. The van der Waals surface area contributed by atoms with Crippen LogP contribution >= 0.6 is 0 Å². The zero-order valence-electron chi connectivity index (χ0n) is 35.4. The first-order chi connectivity index (χ1) is 32.2. The summed E-state index contributed by atoms with van der Waals surface area (Å²) in [7, 11) is 0. The summed E-state index contributed by atoms with van der Waals surface area (Å²) in [5, 5.41) is 9.65. The maximum atomic E-state index is 6.34. The third-order valence-electron chi connectivity index (χ3n) is 13.1. The summed E-state index contributed by atoms with van der Waals surface area (Å²) in [6.45, 7) is 0. The van der Waals surface area contributed by atoms with Gasteiger partial charge in [-0.05, 0) is 122 Å². The minimum absolute atomic E-state index is 0.891. The molecule has 0 spiro atoms. The van der Waals surface area contributed by atoms with Crippen LogP contribution in [0.1, 0.15) is 0 Å². The van der Waals surface area contributed by atoms with E-state index >= 15 is 0 Å². The standard InChI is InChI=1S/C62H40N2O/c1-2-22-51-42(14-1)32-33-43-15-12-29-58(61(43)51)63(49-20-11-19-47(40-49)52-26-13-31-60-62(52)55-25-5-8-30-59(55)65-60)48-36-34-41(35-37-48)44-16-9-17-45(38-44)46-18-10-21-50(39-46)64-56-27-6-3-23-53(56)54-24-4-7-28-57(54)64/h1-40H. The van der Waals surface area contributed by atoms with E-state index in [1.165, 1.54) is 60.0 Å². The highest BCUT2D eigenvalue weighted by Crippen LogP contribution is 2.45. The summed E-state index contributed by atoms with van der Waals surface area (Å²) in [5.41, 5.74) is 15.6. The lowest BCUT2D eigenvalue weighted by Gasteiger charge is -2.28. The molecule has 0 N–H and O–H groups in total. The molecule has 0 saturated heterocycles. The van der Waals surface area contributed by atoms with Crippen molar-refractivity contribution in [3.63, 3.8) is 0 Å². The number of rotatable bonds is 7. The summed E-state index contributed by atoms with van der Waals surface area (Å²) in [4.78, 5) is 2.42. The second kappa shape index (κ2) is 15.0. The summed E-state index contributed by atoms with van der Waals surface area (Å²) in [5.74, 6) is 0. The Hall–Kier alpha value is -8.66. The molecule has 11 aromatic carbocycles. The van der Waals surface area contributed by atoms with Crippen molar-refractivity contribution >= 4 is 82.4 Å². The van der Waals surface area contributed by atoms with Gasteiger partial charge in [0.25, 0.3) is 0 Å². The second-order valence-electron chi connectivity index (χ2n) is 16.9. The molecule has 0 radical (unpaired) electrons. The topological polar surface area (TPSA) is 21.3 Å². The molecule has 2 aromatic heterocycles. The quantitative estimate of drug-likeness (QED) is 0.149. The Kier molecular flexibility index (Phi) is 8.53. The Labute approximate surface area is 376 Å². The first-order valence-electron chi connectivity index (χ1n) is 22.2. The Morgan fingerprint density at radius 3 is 1.72 bits per heavy atom. The van der Waals surface area contributed by atoms with Crippen LogP contribution in [0, 0.1) is 0 Å². The van der Waals surface area contributed by atoms with E-state index in [4.69, 9.17) is 4.42 Å². The molecule has 0 aliphatic carbocycles. The maximum absolute atomic E-state index is 6.34. The molecule has 0 saturated carbocycles. The zero-order chi connectivity index (χ0) is 42.8. The van der Waals surface area contributed by atoms with Crippen molar-refractivity contribution in [2.75, 3.05) is 4.90 Å². The molecule has 0 bridgehead atoms. The minimum atomic E-state index is 0.891. The number of fused-ring (bicyclic) bond motifs is 9. The maximum Gasteiger partial charge on any atom is 0.136 e. The predicted octanol–water partition coefficient (Wildman–Crippen LogP) is 17.5. The van der Waals surface area contributed by atoms with E-state index in [9.17, 15) is 0 Å². The van der Waals surface area contributed by atoms with Crippen LogP contribution in [0.2, 0.25) is 0 Å². The molecule has 0 unspecified atom stereocenters. The second-order valence-corrected chi connectivity index (χ2v) is 16.9. The average molecular weight is 829 g/mol. The van der Waals surface area contributed by atoms with E-state index in [1.54, 1.807) is 0 Å². The van der Waals surface area contributed by atoms with E-state index in [0.717, 1.165) is 61.4 Å². The monoisotopic (exact) mass is 828 g/mol. The van der Waals surface area contributed by atoms with Gasteiger partial charge >= 0.3 is 0 Å². The molecule has 0 aliphatic heterocycles. The van der Waals surface area contributed by atoms with Gasteiger partial charge in [0.1, 0.15) is 11.2 Å². The van der Waals surface area contributed by atoms with Crippen molar-refractivity contribution in [3.05, 3.63) is 243 Å². The number of furan rings is 1. The number of aromatic nitrogens is 1. The van der Waals surface area contributed by atoms with Gasteiger partial charge in [-0.3, -0.25) is 0 Å². The zero-order valence-corrected chi connectivity index (χ0v) is 35.4. The molecule has 0 amide bonds. The highest BCUT2D eigenvalue weighted by molar-refractivity contribution is 6.16. The van der Waals surface area contributed by atoms with Crippen LogP contribution in [0.25, 0.3) is 104 Å². The summed E-state index contributed by atoms with van der Waals surface area (Å²) in [6, 6.07) is 87.8. The van der Waals surface area contributed by atoms with E-state index in [1.807, 2.05) is 12.1 Å². The van der Waals surface area contributed by atoms with Crippen LogP contribution in [0.3, 0.4) is 0 Å². The van der Waals surface area contributed by atoms with Crippen LogP contribution in [0.15, 0.2) is 247 Å². The third-order valence-corrected chi connectivity index (χ3v) is 13.1. The fourth-order valence-electron chi connectivity index (χ4n) is 10.2. The molecule has 3 nitrogen and oxygen atoms in total. The van der Waals surface area contributed by atoms with Gasteiger partial charge in [-0.15, -0.1) is 0 Å². The number of hydrogen-bond acceptors (Lipinski definition) is 2. The van der Waals surface area contributed by atoms with Gasteiger partial charge in [-0.25, -0.2) is 0 Å². The Morgan fingerprint density at radius 2 is 0.908 bits per heavy atom. The summed E-state index contributed by atoms with van der Waals surface area (Å²) in [6.07, 6.45) is 0. The fraction of sp³-hybridized carbons (Fsp3) is 0. The van der Waals surface area contributed by atoms with Gasteiger partial charge in [-0.1, -0.05) is 170 Å². The van der Waals surface area contributed by atoms with Crippen molar-refractivity contribution in [1.29, 1.82) is 0 Å². The predicted molar refractivity (Wildman–Crippen MR) is 274 cm³/mol. The third kappa shape index (κ3) is 6.12. The lowest BCUT2D eigenvalue weighted by Crippen LogP contribution is -2.10. The van der Waals surface area contributed by atoms with E-state index in [2.05, 4.69) is 240 Å². The molecule has 304 valence electrons. The normalized spacial score (nSPS) is 11.7. The summed E-state index contributed by atoms with van der Waals surface area (Å²) >= 11 is 0. The molecule has 0 aliphatic rings. The molecule has 2 heterocycles. The largest absolute Gasteiger partial charge is 0.456 e. The lowest BCUT2D eigenvalue weighted by atomic mass is 9.97. The van der Waals surface area contributed by atoms with Crippen molar-refractivity contribution in [2.24, 2.45) is 0 Å². The van der Waals surface area contributed by atoms with Gasteiger partial charge in [-0.2, -0.15) is 0 Å². The van der Waals surface area contributed by atoms with Crippen LogP contribution in [0.5, 0.6) is 0 Å². The van der Waals surface area contributed by atoms with Crippen LogP contribution < -0.4 is 4.90 Å². The van der Waals surface area contributed by atoms with Gasteiger partial charge in [0.2, 0.25) is 0 Å². The highest BCUT2D eigenvalue weighted by Gasteiger charge is 2.20. The van der Waals surface area contributed by atoms with Gasteiger partial charge < -0.3 is 13.9 Å².